The van der Waals surface area contributed by atoms with Crippen molar-refractivity contribution in [3.05, 3.63) is 266 Å². The second kappa shape index (κ2) is 41.9. The molecule has 141 heavy (non-hydrogen) atoms. The predicted octanol–water partition coefficient (Wildman–Crippen LogP) is 16.9. The molecular formula is C96H98BrClF2N14O20S7. The third-order valence-electron chi connectivity index (χ3n) is 26.6. The standard InChI is InChI=1S/C21H20N2O4S2.C21H24N2O4S.C19H17BrF2N2O4S.C18H17ClN4O4S2.C17H20N4O4S/c24-21-23(18-7-3-1-5-15(18)13-27-21)16-9-11-22(12-10-16)29(25,26)20-14-28-19-8-4-2-6-17(19)20;1-2-16-7-9-19(10-8-16)28(25,26)22-13-11-18(12-14-22)23-20-6-4-3-5-17(20)15-27-21(23)24;20-14-9-18(16(22)10-15(14)21)29(26,27)23-7-5-13(6-8-23)24-17-4-2-1-3-12(17)11-28-19(24)25;19-15-16(22-9-10-28-17(22)20-15)29(25,26)21-7-5-13(6-8-21)23-14-4-2-1-3-12(14)11-27-18(23)24;1-19-10-16(18-12-19)26(23,24)20-8-6-14(7-9-20)21-15-5-3-2-4-13(15)11-25-17(21)22/h1-8,14,16H,9-13H2;3-10,18H,2,11-15H2,1H3;2*1-4,9-10,13H,5-8,11H2;2-5,10,12,14H,6-9,11H2,1H3. The SMILES string of the molecule is CCc1ccc(S(=O)(=O)N2CCC(N3C(=O)OCc4ccccc43)CC2)cc1.Cn1cnc(S(=O)(=O)N2CCC(N3C(=O)OCc4ccccc43)CC2)c1.O=C1OCc2ccccc2N1C1CCN(S(=O)(=O)c2c(Cl)nc3sccn23)CC1.O=C1OCc2ccccc2N1C1CCN(S(=O)(=O)c2cc(Br)c(F)cc2F)CC1.O=C1OCc2ccccc2N1C1CCN(S(=O)(=O)c2csc3ccccc23)CC1. The topological polar surface area (TPSA) is 370 Å². The number of benzene rings is 8. The summed E-state index contributed by atoms with van der Waals surface area (Å²) in [5, 5.41) is 4.30. The van der Waals surface area contributed by atoms with Crippen molar-refractivity contribution in [2.75, 3.05) is 89.9 Å². The summed E-state index contributed by atoms with van der Waals surface area (Å²) in [6.07, 6.45) is 8.74. The van der Waals surface area contributed by atoms with Crippen LogP contribution in [-0.4, -0.2) is 209 Å². The van der Waals surface area contributed by atoms with Gasteiger partial charge < -0.3 is 28.3 Å². The number of hydrogen-bond acceptors (Lipinski definition) is 24. The number of ether oxygens (including phenoxy) is 5. The summed E-state index contributed by atoms with van der Waals surface area (Å²) in [6, 6.07) is 53.7. The molecule has 0 spiro atoms. The van der Waals surface area contributed by atoms with Gasteiger partial charge in [0.15, 0.2) is 20.2 Å². The van der Waals surface area contributed by atoms with Gasteiger partial charge in [0.1, 0.15) is 54.5 Å². The van der Waals surface area contributed by atoms with Gasteiger partial charge in [0.05, 0.1) is 44.1 Å². The quantitative estimate of drug-likeness (QED) is 0.0640. The molecule has 34 nitrogen and oxygen atoms in total. The second-order valence-electron chi connectivity index (χ2n) is 34.9. The summed E-state index contributed by atoms with van der Waals surface area (Å²) >= 11 is 11.8. The van der Waals surface area contributed by atoms with Gasteiger partial charge in [0.2, 0.25) is 30.1 Å². The fourth-order valence-electron chi connectivity index (χ4n) is 19.2. The number of fused-ring (bicyclic) bond motifs is 7. The molecular weight excluding hydrogens is 2050 g/mol. The molecule has 0 radical (unpaired) electrons. The third-order valence-corrected chi connectivity index (χ3v) is 38.9. The fraction of sp³-hybridized carbons (Fsp3) is 0.344. The molecule has 0 bridgehead atoms. The van der Waals surface area contributed by atoms with Crippen molar-refractivity contribution < 1.29 is 98.5 Å². The molecule has 0 atom stereocenters. The van der Waals surface area contributed by atoms with Crippen LogP contribution in [0, 0.1) is 11.6 Å². The number of imidazole rings is 2. The number of halogens is 4. The normalized spacial score (nSPS) is 18.7. The molecule has 0 unspecified atom stereocenters. The Bertz CT molecular complexity index is 7350. The molecule has 5 saturated heterocycles. The van der Waals surface area contributed by atoms with Gasteiger partial charge in [0.25, 0.3) is 20.0 Å². The number of hydrogen-bond donors (Lipinski definition) is 0. The largest absolute Gasteiger partial charge is 0.444 e. The van der Waals surface area contributed by atoms with Crippen LogP contribution in [0.25, 0.3) is 15.0 Å². The maximum Gasteiger partial charge on any atom is 0.414 e. The van der Waals surface area contributed by atoms with Crippen LogP contribution < -0.4 is 24.5 Å². The van der Waals surface area contributed by atoms with Crippen molar-refractivity contribution in [2.24, 2.45) is 7.05 Å². The molecule has 12 aromatic rings. The van der Waals surface area contributed by atoms with Gasteiger partial charge >= 0.3 is 30.5 Å². The summed E-state index contributed by atoms with van der Waals surface area (Å²) in [5.74, 6) is -2.01. The number of aromatic nitrogens is 4. The van der Waals surface area contributed by atoms with Crippen molar-refractivity contribution in [3.63, 3.8) is 0 Å². The summed E-state index contributed by atoms with van der Waals surface area (Å²) < 4.78 is 195. The van der Waals surface area contributed by atoms with Crippen LogP contribution in [0.15, 0.2) is 241 Å². The Morgan fingerprint density at radius 2 is 0.752 bits per heavy atom. The van der Waals surface area contributed by atoms with Crippen LogP contribution >= 0.6 is 50.2 Å². The Labute approximate surface area is 835 Å². The number of rotatable bonds is 16. The lowest BCUT2D eigenvalue weighted by Crippen LogP contribution is -2.50. The highest BCUT2D eigenvalue weighted by molar-refractivity contribution is 9.10. The van der Waals surface area contributed by atoms with E-state index in [2.05, 4.69) is 25.9 Å². The third kappa shape index (κ3) is 20.4. The average molecular weight is 2150 g/mol. The molecule has 14 heterocycles. The Morgan fingerprint density at radius 1 is 0.411 bits per heavy atom. The number of thiazole rings is 1. The summed E-state index contributed by atoms with van der Waals surface area (Å²) in [4.78, 5) is 79.0. The van der Waals surface area contributed by atoms with E-state index in [1.54, 1.807) is 69.5 Å². The minimum absolute atomic E-state index is 0.00315. The van der Waals surface area contributed by atoms with E-state index in [0.717, 1.165) is 88.7 Å². The number of nitrogens with zero attached hydrogens (tertiary/aromatic N) is 14. The summed E-state index contributed by atoms with van der Waals surface area (Å²) in [6.45, 7) is 6.33. The highest BCUT2D eigenvalue weighted by Gasteiger charge is 2.46. The number of aryl methyl sites for hydroxylation is 2. The molecule has 0 N–H and O–H groups in total. The van der Waals surface area contributed by atoms with Crippen LogP contribution in [0.2, 0.25) is 5.15 Å². The van der Waals surface area contributed by atoms with Gasteiger partial charge in [-0.1, -0.05) is 140 Å². The maximum atomic E-state index is 14.1. The lowest BCUT2D eigenvalue weighted by molar-refractivity contribution is 0.135. The van der Waals surface area contributed by atoms with Gasteiger partial charge in [-0.2, -0.15) is 21.5 Å². The van der Waals surface area contributed by atoms with Crippen molar-refractivity contribution in [1.82, 2.24) is 40.5 Å². The molecule has 8 aromatic carbocycles. The number of carbonyl (C=O) groups excluding carboxylic acids is 5. The van der Waals surface area contributed by atoms with Gasteiger partial charge in [-0.3, -0.25) is 28.9 Å². The zero-order valence-electron chi connectivity index (χ0n) is 76.3. The first-order valence-electron chi connectivity index (χ1n) is 45.8. The van der Waals surface area contributed by atoms with E-state index in [4.69, 9.17) is 35.3 Å². The number of cyclic esters (lactones) is 5. The monoisotopic (exact) mass is 2140 g/mol. The maximum absolute atomic E-state index is 14.1. The van der Waals surface area contributed by atoms with E-state index >= 15 is 0 Å². The number of piperidine rings is 5. The van der Waals surface area contributed by atoms with Gasteiger partial charge in [-0.15, -0.1) is 22.7 Å². The van der Waals surface area contributed by atoms with E-state index in [1.807, 2.05) is 165 Å². The minimum atomic E-state index is -4.13. The van der Waals surface area contributed by atoms with Crippen molar-refractivity contribution >= 4 is 174 Å². The Kier molecular flexibility index (Phi) is 29.6. The summed E-state index contributed by atoms with van der Waals surface area (Å²) in [5.41, 5.74) is 10.1. The van der Waals surface area contributed by atoms with E-state index in [1.165, 1.54) is 52.5 Å². The molecule has 22 rings (SSSR count). The van der Waals surface area contributed by atoms with Gasteiger partial charge in [-0.05, 0) is 147 Å². The first kappa shape index (κ1) is 99.8. The van der Waals surface area contributed by atoms with Crippen LogP contribution in [0.1, 0.15) is 105 Å². The number of amides is 5. The first-order chi connectivity index (χ1) is 67.8. The highest BCUT2D eigenvalue weighted by Crippen LogP contribution is 2.43. The molecule has 742 valence electrons. The first-order valence-corrected chi connectivity index (χ1v) is 55.9. The van der Waals surface area contributed by atoms with Gasteiger partial charge in [0, 0.05) is 170 Å². The molecule has 0 saturated carbocycles. The molecule has 10 aliphatic heterocycles. The Hall–Kier alpha value is -11.4. The smallest absolute Gasteiger partial charge is 0.414 e. The molecule has 45 heteroatoms. The Balaban J connectivity index is 0.000000117. The number of sulfonamides is 5. The number of anilines is 5. The van der Waals surface area contributed by atoms with Crippen molar-refractivity contribution in [3.8, 4) is 0 Å². The van der Waals surface area contributed by atoms with Crippen molar-refractivity contribution in [1.29, 1.82) is 0 Å². The highest BCUT2D eigenvalue weighted by atomic mass is 79.9. The molecule has 5 amide bonds. The van der Waals surface area contributed by atoms with Crippen LogP contribution in [0.3, 0.4) is 0 Å². The van der Waals surface area contributed by atoms with E-state index in [0.29, 0.717) is 124 Å². The molecule has 5 fully saturated rings. The van der Waals surface area contributed by atoms with E-state index in [9.17, 15) is 74.8 Å². The van der Waals surface area contributed by atoms with Crippen LogP contribution in [0.4, 0.5) is 61.2 Å². The molecule has 4 aromatic heterocycles. The number of thiophene rings is 1. The van der Waals surface area contributed by atoms with Crippen LogP contribution in [0.5, 0.6) is 0 Å². The lowest BCUT2D eigenvalue weighted by atomic mass is 10.0. The number of para-hydroxylation sites is 5. The fourth-order valence-corrected chi connectivity index (χ4v) is 30.0. The zero-order chi connectivity index (χ0) is 99.0. The number of carbonyl (C=O) groups is 5. The lowest BCUT2D eigenvalue weighted by Gasteiger charge is -2.39. The van der Waals surface area contributed by atoms with Crippen LogP contribution in [-0.2, 0) is 120 Å². The van der Waals surface area contributed by atoms with E-state index in [-0.39, 0.29) is 133 Å². The average Bonchev–Trinajstić information content (AvgIpc) is 1.62. The van der Waals surface area contributed by atoms with E-state index < -0.39 is 72.7 Å². The predicted molar refractivity (Wildman–Crippen MR) is 527 cm³/mol. The molecule has 0 aliphatic carbocycles. The summed E-state index contributed by atoms with van der Waals surface area (Å²) in [7, 11) is -16.9. The Morgan fingerprint density at radius 3 is 1.12 bits per heavy atom. The van der Waals surface area contributed by atoms with Gasteiger partial charge in [-0.25, -0.2) is 84.8 Å². The molecule has 10 aliphatic rings. The second-order valence-corrected chi connectivity index (χ2v) is 47.4. The van der Waals surface area contributed by atoms with Crippen molar-refractivity contribution in [2.45, 2.75) is 166 Å². The zero-order valence-corrected chi connectivity index (χ0v) is 84.3. The minimum Gasteiger partial charge on any atom is -0.444 e.